The molecule has 0 fully saturated rings. The Morgan fingerprint density at radius 3 is 2.34 bits per heavy atom. The van der Waals surface area contributed by atoms with E-state index in [1.54, 1.807) is 37.4 Å². The number of ether oxygens (including phenoxy) is 2. The monoisotopic (exact) mass is 512 g/mol. The van der Waals surface area contributed by atoms with Crippen molar-refractivity contribution in [3.8, 4) is 22.8 Å². The molecule has 38 heavy (non-hydrogen) atoms. The largest absolute Gasteiger partial charge is 0.497 e. The van der Waals surface area contributed by atoms with Gasteiger partial charge in [0, 0.05) is 23.9 Å². The van der Waals surface area contributed by atoms with Gasteiger partial charge in [-0.1, -0.05) is 54.6 Å². The number of carbonyl (C=O) groups is 2. The van der Waals surface area contributed by atoms with Crippen LogP contribution in [0.25, 0.3) is 11.3 Å². The molecule has 0 bridgehead atoms. The lowest BCUT2D eigenvalue weighted by Crippen LogP contribution is -2.37. The number of ketones is 1. The molecule has 7 nitrogen and oxygen atoms in total. The summed E-state index contributed by atoms with van der Waals surface area (Å²) in [4.78, 5) is 29.4. The molecule has 0 aliphatic heterocycles. The molecule has 7 heteroatoms. The Balaban J connectivity index is 1.44. The van der Waals surface area contributed by atoms with Gasteiger partial charge in [-0.05, 0) is 62.9 Å². The van der Waals surface area contributed by atoms with E-state index in [-0.39, 0.29) is 5.78 Å². The smallest absolute Gasteiger partial charge is 0.347 e. The maximum Gasteiger partial charge on any atom is 0.347 e. The van der Waals surface area contributed by atoms with Gasteiger partial charge in [0.2, 0.25) is 5.78 Å². The first kappa shape index (κ1) is 26.7. The topological polar surface area (TPSA) is 90.6 Å². The fourth-order valence-electron chi connectivity index (χ4n) is 4.08. The highest BCUT2D eigenvalue weighted by Crippen LogP contribution is 2.23. The number of carbonyl (C=O) groups excluding carboxylic acids is 1. The van der Waals surface area contributed by atoms with Gasteiger partial charge in [-0.3, -0.25) is 4.79 Å². The lowest BCUT2D eigenvalue weighted by molar-refractivity contribution is -0.152. The third-order valence-corrected chi connectivity index (χ3v) is 6.31. The molecule has 4 rings (SSSR count). The highest BCUT2D eigenvalue weighted by atomic mass is 16.5. The van der Waals surface area contributed by atoms with E-state index in [2.05, 4.69) is 0 Å². The zero-order chi connectivity index (χ0) is 27.1. The predicted molar refractivity (Wildman–Crippen MR) is 146 cm³/mol. The van der Waals surface area contributed by atoms with Crippen LogP contribution in [-0.4, -0.2) is 39.1 Å². The quantitative estimate of drug-likeness (QED) is 0.183. The average Bonchev–Trinajstić information content (AvgIpc) is 3.36. The van der Waals surface area contributed by atoms with Gasteiger partial charge in [-0.25, -0.2) is 9.78 Å². The first-order valence-corrected chi connectivity index (χ1v) is 12.6. The van der Waals surface area contributed by atoms with E-state index >= 15 is 0 Å². The van der Waals surface area contributed by atoms with E-state index in [0.717, 1.165) is 36.1 Å². The van der Waals surface area contributed by atoms with Gasteiger partial charge in [0.1, 0.15) is 11.5 Å². The Kier molecular flexibility index (Phi) is 8.26. The van der Waals surface area contributed by atoms with Gasteiger partial charge < -0.3 is 19.1 Å². The molecular formula is C31H32N2O5. The molecule has 0 radical (unpaired) electrons. The minimum Gasteiger partial charge on any atom is -0.497 e. The lowest BCUT2D eigenvalue weighted by Gasteiger charge is -2.21. The fraction of sp³-hybridized carbons (Fsp3) is 0.258. The van der Waals surface area contributed by atoms with Crippen LogP contribution in [0.2, 0.25) is 0 Å². The summed E-state index contributed by atoms with van der Waals surface area (Å²) in [6.45, 7) is 3.70. The van der Waals surface area contributed by atoms with E-state index in [0.29, 0.717) is 29.4 Å². The Morgan fingerprint density at radius 1 is 0.921 bits per heavy atom. The molecular weight excluding hydrogens is 480 g/mol. The molecule has 0 spiro atoms. The molecule has 0 saturated carbocycles. The summed E-state index contributed by atoms with van der Waals surface area (Å²) < 4.78 is 12.8. The van der Waals surface area contributed by atoms with Crippen molar-refractivity contribution >= 4 is 11.8 Å². The fourth-order valence-corrected chi connectivity index (χ4v) is 4.08. The summed E-state index contributed by atoms with van der Waals surface area (Å²) in [5, 5.41) is 9.24. The van der Waals surface area contributed by atoms with Gasteiger partial charge in [-0.15, -0.1) is 0 Å². The number of hydrogen-bond acceptors (Lipinski definition) is 5. The van der Waals surface area contributed by atoms with Crippen LogP contribution in [0.3, 0.4) is 0 Å². The number of aryl methyl sites for hydroxylation is 2. The number of nitrogens with zero attached hydrogens (tertiary/aromatic N) is 2. The van der Waals surface area contributed by atoms with Gasteiger partial charge in [0.15, 0.2) is 11.4 Å². The van der Waals surface area contributed by atoms with Crippen LogP contribution >= 0.6 is 0 Å². The van der Waals surface area contributed by atoms with E-state index in [1.165, 1.54) is 13.8 Å². The number of methoxy groups -OCH3 is 1. The van der Waals surface area contributed by atoms with Crippen molar-refractivity contribution in [1.82, 2.24) is 9.55 Å². The molecule has 0 amide bonds. The summed E-state index contributed by atoms with van der Waals surface area (Å²) in [7, 11) is 1.58. The highest BCUT2D eigenvalue weighted by Gasteiger charge is 2.29. The third-order valence-electron chi connectivity index (χ3n) is 6.31. The number of imidazole rings is 1. The molecule has 1 N–H and O–H groups in total. The molecule has 3 aromatic carbocycles. The van der Waals surface area contributed by atoms with Crippen molar-refractivity contribution in [3.05, 3.63) is 102 Å². The summed E-state index contributed by atoms with van der Waals surface area (Å²) >= 11 is 0. The maximum absolute atomic E-state index is 13.4. The number of aromatic nitrogens is 2. The SMILES string of the molecule is COc1cccc(C(=O)c2nc(-c3ccccc3)cn2CCCCc2ccc(OC(C)(C)C(=O)O)cc2)c1. The van der Waals surface area contributed by atoms with Crippen molar-refractivity contribution in [2.75, 3.05) is 7.11 Å². The van der Waals surface area contributed by atoms with Crippen molar-refractivity contribution in [3.63, 3.8) is 0 Å². The second kappa shape index (κ2) is 11.8. The zero-order valence-corrected chi connectivity index (χ0v) is 21.9. The molecule has 0 unspecified atom stereocenters. The molecule has 0 atom stereocenters. The number of carboxylic acids is 1. The Labute approximate surface area is 222 Å². The first-order valence-electron chi connectivity index (χ1n) is 12.6. The minimum absolute atomic E-state index is 0.147. The van der Waals surface area contributed by atoms with Crippen molar-refractivity contribution in [2.45, 2.75) is 45.3 Å². The van der Waals surface area contributed by atoms with E-state index in [4.69, 9.17) is 14.5 Å². The lowest BCUT2D eigenvalue weighted by atomic mass is 10.1. The molecule has 0 aliphatic carbocycles. The standard InChI is InChI=1S/C31H32N2O5/c1-31(2,30(35)36)38-25-17-15-22(16-18-25)10-7-8-19-33-21-27(23-11-5-4-6-12-23)32-29(33)28(34)24-13-9-14-26(20-24)37-3/h4-6,9,11-18,20-21H,7-8,10,19H2,1-3H3,(H,35,36). The van der Waals surface area contributed by atoms with Crippen LogP contribution in [0.4, 0.5) is 0 Å². The van der Waals surface area contributed by atoms with Gasteiger partial charge in [0.25, 0.3) is 0 Å². The normalized spacial score (nSPS) is 11.2. The summed E-state index contributed by atoms with van der Waals surface area (Å²) in [5.41, 5.74) is 2.10. The Hall–Kier alpha value is -4.39. The van der Waals surface area contributed by atoms with Crippen LogP contribution in [0, 0.1) is 0 Å². The maximum atomic E-state index is 13.4. The number of benzene rings is 3. The van der Waals surface area contributed by atoms with Crippen LogP contribution in [-0.2, 0) is 17.8 Å². The highest BCUT2D eigenvalue weighted by molar-refractivity contribution is 6.07. The van der Waals surface area contributed by atoms with Crippen molar-refractivity contribution < 1.29 is 24.2 Å². The Morgan fingerprint density at radius 2 is 1.66 bits per heavy atom. The van der Waals surface area contributed by atoms with Crippen LogP contribution in [0.5, 0.6) is 11.5 Å². The second-order valence-corrected chi connectivity index (χ2v) is 9.59. The minimum atomic E-state index is -1.29. The van der Waals surface area contributed by atoms with Crippen LogP contribution in [0.15, 0.2) is 85.1 Å². The van der Waals surface area contributed by atoms with Gasteiger partial charge >= 0.3 is 5.97 Å². The first-order chi connectivity index (χ1) is 18.3. The third kappa shape index (κ3) is 6.48. The molecule has 0 aliphatic rings. The number of aliphatic carboxylic acids is 1. The Bertz CT molecular complexity index is 1390. The summed E-state index contributed by atoms with van der Waals surface area (Å²) in [5.74, 6) is 0.389. The van der Waals surface area contributed by atoms with Crippen LogP contribution < -0.4 is 9.47 Å². The number of rotatable bonds is 12. The molecule has 1 aromatic heterocycles. The van der Waals surface area contributed by atoms with E-state index < -0.39 is 11.6 Å². The number of carboxylic acid groups (broad SMARTS) is 1. The van der Waals surface area contributed by atoms with Gasteiger partial charge in [-0.2, -0.15) is 0 Å². The number of unbranched alkanes of at least 4 members (excludes halogenated alkanes) is 1. The van der Waals surface area contributed by atoms with Crippen molar-refractivity contribution in [2.24, 2.45) is 0 Å². The van der Waals surface area contributed by atoms with E-state index in [9.17, 15) is 14.7 Å². The molecule has 0 saturated heterocycles. The summed E-state index contributed by atoms with van der Waals surface area (Å²) in [6, 6.07) is 24.5. The van der Waals surface area contributed by atoms with Crippen LogP contribution in [0.1, 0.15) is 48.4 Å². The van der Waals surface area contributed by atoms with Gasteiger partial charge in [0.05, 0.1) is 12.8 Å². The van der Waals surface area contributed by atoms with Crippen molar-refractivity contribution in [1.29, 1.82) is 0 Å². The average molecular weight is 513 g/mol. The zero-order valence-electron chi connectivity index (χ0n) is 21.9. The van der Waals surface area contributed by atoms with E-state index in [1.807, 2.05) is 59.3 Å². The molecule has 1 heterocycles. The molecule has 4 aromatic rings. The summed E-state index contributed by atoms with van der Waals surface area (Å²) in [6.07, 6.45) is 4.56. The second-order valence-electron chi connectivity index (χ2n) is 9.59. The predicted octanol–water partition coefficient (Wildman–Crippen LogP) is 6.05. The number of hydrogen-bond donors (Lipinski definition) is 1. The molecule has 196 valence electrons.